The molecule has 120 valence electrons. The Hall–Kier alpha value is -1.91. The van der Waals surface area contributed by atoms with Gasteiger partial charge in [-0.25, -0.2) is 8.78 Å². The summed E-state index contributed by atoms with van der Waals surface area (Å²) in [5.74, 6) is -2.65. The van der Waals surface area contributed by atoms with Gasteiger partial charge in [-0.15, -0.1) is 0 Å². The Morgan fingerprint density at radius 3 is 2.82 bits per heavy atom. The van der Waals surface area contributed by atoms with Crippen molar-refractivity contribution in [1.82, 2.24) is 0 Å². The lowest BCUT2D eigenvalue weighted by atomic mass is 10.1. The van der Waals surface area contributed by atoms with Crippen LogP contribution in [-0.2, 0) is 11.2 Å². The van der Waals surface area contributed by atoms with Crippen LogP contribution in [0.15, 0.2) is 30.4 Å². The Morgan fingerprint density at radius 1 is 1.50 bits per heavy atom. The number of benzene rings is 1. The number of methoxy groups -OCH3 is 1. The van der Waals surface area contributed by atoms with E-state index in [1.54, 1.807) is 13.2 Å². The average Bonchev–Trinajstić information content (AvgIpc) is 3.07. The fraction of sp³-hybridized carbons (Fsp3) is 0.471. The largest absolute Gasteiger partial charge is 0.496 e. The van der Waals surface area contributed by atoms with E-state index in [9.17, 15) is 13.6 Å². The van der Waals surface area contributed by atoms with E-state index in [0.717, 1.165) is 24.2 Å². The van der Waals surface area contributed by atoms with Crippen molar-refractivity contribution in [3.8, 4) is 5.75 Å². The number of anilines is 1. The molecule has 5 heteroatoms. The number of aryl methyl sites for hydroxylation is 1. The molecule has 1 atom stereocenters. The number of halogens is 2. The number of nitrogens with one attached hydrogen (secondary N) is 1. The minimum atomic E-state index is -2.54. The molecule has 1 unspecified atom stereocenters. The maximum Gasteiger partial charge on any atom is 0.251 e. The number of allylic oxidation sites excluding steroid dienone is 1. The minimum Gasteiger partial charge on any atom is -0.496 e. The van der Waals surface area contributed by atoms with Gasteiger partial charge in [0.25, 0.3) is 5.92 Å². The number of carbonyl (C=O) groups excluding carboxylic acids is 1. The first kappa shape index (κ1) is 16.5. The molecular weight excluding hydrogens is 288 g/mol. The fourth-order valence-corrected chi connectivity index (χ4v) is 2.37. The van der Waals surface area contributed by atoms with E-state index in [1.807, 2.05) is 12.1 Å². The summed E-state index contributed by atoms with van der Waals surface area (Å²) in [6.45, 7) is 2.07. The molecule has 0 heterocycles. The van der Waals surface area contributed by atoms with E-state index in [1.165, 1.54) is 12.2 Å². The van der Waals surface area contributed by atoms with Crippen LogP contribution in [0, 0.1) is 5.92 Å². The second kappa shape index (κ2) is 6.90. The van der Waals surface area contributed by atoms with Crippen molar-refractivity contribution in [3.63, 3.8) is 0 Å². The van der Waals surface area contributed by atoms with E-state index in [4.69, 9.17) is 4.74 Å². The van der Waals surface area contributed by atoms with Gasteiger partial charge in [-0.2, -0.15) is 0 Å². The number of alkyl halides is 2. The van der Waals surface area contributed by atoms with Gasteiger partial charge in [-0.05, 0) is 42.7 Å². The fourth-order valence-electron chi connectivity index (χ4n) is 2.37. The highest BCUT2D eigenvalue weighted by molar-refractivity contribution is 5.99. The Morgan fingerprint density at radius 2 is 2.23 bits per heavy atom. The molecule has 2 rings (SSSR count). The lowest BCUT2D eigenvalue weighted by Crippen LogP contribution is -2.08. The third-order valence-corrected chi connectivity index (χ3v) is 3.71. The molecule has 1 fully saturated rings. The Labute approximate surface area is 129 Å². The number of ether oxygens (including phenoxy) is 1. The van der Waals surface area contributed by atoms with E-state index in [2.05, 4.69) is 12.2 Å². The van der Waals surface area contributed by atoms with Gasteiger partial charge in [-0.3, -0.25) is 4.79 Å². The first-order valence-electron chi connectivity index (χ1n) is 7.48. The zero-order valence-electron chi connectivity index (χ0n) is 12.9. The van der Waals surface area contributed by atoms with Crippen LogP contribution in [0.3, 0.4) is 0 Å². The van der Waals surface area contributed by atoms with Crippen LogP contribution in [0.1, 0.15) is 31.7 Å². The number of amides is 1. The van der Waals surface area contributed by atoms with Gasteiger partial charge in [0.1, 0.15) is 5.75 Å². The van der Waals surface area contributed by atoms with Gasteiger partial charge < -0.3 is 10.1 Å². The van der Waals surface area contributed by atoms with Gasteiger partial charge in [0.2, 0.25) is 5.91 Å². The van der Waals surface area contributed by atoms with E-state index in [0.29, 0.717) is 5.69 Å². The van der Waals surface area contributed by atoms with Crippen LogP contribution in [-0.4, -0.2) is 18.9 Å². The predicted molar refractivity (Wildman–Crippen MR) is 82.4 cm³/mol. The standard InChI is InChI=1S/C17H21F2NO2/c1-3-5-12-10-14(8-9-15(12)22-2)20-16(21)7-4-6-13-11-17(13,18)19/h4,7-10,13H,3,5-6,11H2,1-2H3,(H,20,21)/b7-4+. The second-order valence-electron chi connectivity index (χ2n) is 5.57. The molecule has 0 radical (unpaired) electrons. The van der Waals surface area contributed by atoms with Gasteiger partial charge >= 0.3 is 0 Å². The first-order chi connectivity index (χ1) is 10.5. The predicted octanol–water partition coefficient (Wildman–Crippen LogP) is 4.19. The molecule has 1 N–H and O–H groups in total. The Kier molecular flexibility index (Phi) is 5.16. The second-order valence-corrected chi connectivity index (χ2v) is 5.57. The first-order valence-corrected chi connectivity index (χ1v) is 7.48. The van der Waals surface area contributed by atoms with Crippen molar-refractivity contribution >= 4 is 11.6 Å². The van der Waals surface area contributed by atoms with Crippen molar-refractivity contribution in [2.75, 3.05) is 12.4 Å². The Bertz CT molecular complexity index is 570. The van der Waals surface area contributed by atoms with Crippen molar-refractivity contribution in [2.45, 2.75) is 38.5 Å². The summed E-state index contributed by atoms with van der Waals surface area (Å²) in [6, 6.07) is 5.46. The zero-order valence-corrected chi connectivity index (χ0v) is 12.9. The maximum atomic E-state index is 12.7. The molecule has 0 aromatic heterocycles. The number of rotatable bonds is 7. The molecule has 1 amide bonds. The van der Waals surface area contributed by atoms with Crippen molar-refractivity contribution in [2.24, 2.45) is 5.92 Å². The molecule has 0 aliphatic heterocycles. The van der Waals surface area contributed by atoms with Gasteiger partial charge in [0.05, 0.1) is 7.11 Å². The van der Waals surface area contributed by atoms with Crippen molar-refractivity contribution in [3.05, 3.63) is 35.9 Å². The van der Waals surface area contributed by atoms with Gasteiger partial charge in [0, 0.05) is 18.0 Å². The molecule has 1 aromatic carbocycles. The number of hydrogen-bond acceptors (Lipinski definition) is 2. The quantitative estimate of drug-likeness (QED) is 0.767. The number of hydrogen-bond donors (Lipinski definition) is 1. The third-order valence-electron chi connectivity index (χ3n) is 3.71. The van der Waals surface area contributed by atoms with Gasteiger partial charge in [0.15, 0.2) is 0 Å². The summed E-state index contributed by atoms with van der Waals surface area (Å²) in [5.41, 5.74) is 1.71. The SMILES string of the molecule is CCCc1cc(NC(=O)/C=C/CC2CC2(F)F)ccc1OC. The summed E-state index contributed by atoms with van der Waals surface area (Å²) in [4.78, 5) is 11.8. The molecule has 1 saturated carbocycles. The van der Waals surface area contributed by atoms with Crippen molar-refractivity contribution in [1.29, 1.82) is 0 Å². The van der Waals surface area contributed by atoms with Crippen LogP contribution in [0.5, 0.6) is 5.75 Å². The van der Waals surface area contributed by atoms with Crippen LogP contribution in [0.25, 0.3) is 0 Å². The molecule has 0 bridgehead atoms. The minimum absolute atomic E-state index is 0.0716. The van der Waals surface area contributed by atoms with Crippen LogP contribution < -0.4 is 10.1 Å². The maximum absolute atomic E-state index is 12.7. The average molecular weight is 309 g/mol. The van der Waals surface area contributed by atoms with E-state index in [-0.39, 0.29) is 18.7 Å². The van der Waals surface area contributed by atoms with Crippen LogP contribution in [0.2, 0.25) is 0 Å². The highest BCUT2D eigenvalue weighted by atomic mass is 19.3. The summed E-state index contributed by atoms with van der Waals surface area (Å²) < 4.78 is 30.7. The topological polar surface area (TPSA) is 38.3 Å². The van der Waals surface area contributed by atoms with Crippen LogP contribution >= 0.6 is 0 Å². The number of carbonyl (C=O) groups is 1. The smallest absolute Gasteiger partial charge is 0.251 e. The summed E-state index contributed by atoms with van der Waals surface area (Å²) >= 11 is 0. The summed E-state index contributed by atoms with van der Waals surface area (Å²) in [5, 5.41) is 2.74. The highest BCUT2D eigenvalue weighted by Crippen LogP contribution is 2.50. The monoisotopic (exact) mass is 309 g/mol. The van der Waals surface area contributed by atoms with E-state index >= 15 is 0 Å². The molecule has 22 heavy (non-hydrogen) atoms. The molecule has 1 aliphatic carbocycles. The lowest BCUT2D eigenvalue weighted by molar-refractivity contribution is -0.111. The normalized spacial score (nSPS) is 19.2. The molecular formula is C17H21F2NO2. The molecule has 0 saturated heterocycles. The Balaban J connectivity index is 1.90. The lowest BCUT2D eigenvalue weighted by Gasteiger charge is -2.10. The summed E-state index contributed by atoms with van der Waals surface area (Å²) in [6.07, 6.45) is 4.83. The summed E-state index contributed by atoms with van der Waals surface area (Å²) in [7, 11) is 1.61. The molecule has 0 spiro atoms. The molecule has 1 aromatic rings. The van der Waals surface area contributed by atoms with E-state index < -0.39 is 11.8 Å². The molecule has 3 nitrogen and oxygen atoms in total. The van der Waals surface area contributed by atoms with Crippen molar-refractivity contribution < 1.29 is 18.3 Å². The zero-order chi connectivity index (χ0) is 16.2. The highest BCUT2D eigenvalue weighted by Gasteiger charge is 2.55. The van der Waals surface area contributed by atoms with Crippen LogP contribution in [0.4, 0.5) is 14.5 Å². The van der Waals surface area contributed by atoms with Gasteiger partial charge in [-0.1, -0.05) is 19.4 Å². The molecule has 1 aliphatic rings. The third kappa shape index (κ3) is 4.29.